The van der Waals surface area contributed by atoms with Crippen LogP contribution in [0.15, 0.2) is 53.1 Å². The molecule has 1 N–H and O–H groups in total. The predicted molar refractivity (Wildman–Crippen MR) is 94.8 cm³/mol. The number of halogens is 1. The summed E-state index contributed by atoms with van der Waals surface area (Å²) in [5, 5.41) is 6.72. The molecule has 1 heterocycles. The molecule has 0 spiro atoms. The first-order valence-corrected chi connectivity index (χ1v) is 8.13. The normalized spacial score (nSPS) is 10.5. The zero-order chi connectivity index (χ0) is 16.2. The number of nitrogens with zero attached hydrogens (tertiary/aromatic N) is 2. The highest BCUT2D eigenvalue weighted by Crippen LogP contribution is 2.17. The lowest BCUT2D eigenvalue weighted by atomic mass is 10.1. The Labute approximate surface area is 147 Å². The number of carbonyl (C=O) groups excluding carboxylic acids is 1. The van der Waals surface area contributed by atoms with Crippen molar-refractivity contribution < 1.29 is 9.32 Å². The Morgan fingerprint density at radius 1 is 1.22 bits per heavy atom. The third-order valence-electron chi connectivity index (χ3n) is 3.25. The molecule has 0 aliphatic carbocycles. The minimum atomic E-state index is -0.170. The van der Waals surface area contributed by atoms with Gasteiger partial charge >= 0.3 is 0 Å². The average Bonchev–Trinajstić information content (AvgIpc) is 3.02. The van der Waals surface area contributed by atoms with Crippen molar-refractivity contribution in [2.75, 3.05) is 0 Å². The molecule has 3 aromatic rings. The molecule has 5 nitrogen and oxygen atoms in total. The lowest BCUT2D eigenvalue weighted by Crippen LogP contribution is -2.22. The quantitative estimate of drug-likeness (QED) is 0.657. The predicted octanol–water partition coefficient (Wildman–Crippen LogP) is 3.58. The molecule has 1 amide bonds. The van der Waals surface area contributed by atoms with Gasteiger partial charge < -0.3 is 9.84 Å². The minimum Gasteiger partial charge on any atom is -0.343 e. The van der Waals surface area contributed by atoms with Crippen LogP contribution in [0.25, 0.3) is 11.4 Å². The van der Waals surface area contributed by atoms with E-state index in [1.807, 2.05) is 43.3 Å². The molecule has 6 heteroatoms. The van der Waals surface area contributed by atoms with Crippen LogP contribution in [0.5, 0.6) is 0 Å². The molecule has 0 atom stereocenters. The van der Waals surface area contributed by atoms with Crippen LogP contribution in [0, 0.1) is 10.5 Å². The van der Waals surface area contributed by atoms with Crippen molar-refractivity contribution in [3.8, 4) is 11.4 Å². The fraction of sp³-hybridized carbons (Fsp3) is 0.118. The van der Waals surface area contributed by atoms with Crippen molar-refractivity contribution in [1.29, 1.82) is 0 Å². The van der Waals surface area contributed by atoms with Crippen LogP contribution in [-0.4, -0.2) is 16.0 Å². The standard InChI is InChI=1S/C17H14IN3O2/c1-11-3-2-4-13(9-11)16-20-15(23-21-16)10-19-17(22)12-5-7-14(18)8-6-12/h2-9H,10H2,1H3,(H,19,22). The molecule has 0 saturated heterocycles. The molecule has 0 bridgehead atoms. The average molecular weight is 419 g/mol. The van der Waals surface area contributed by atoms with Crippen LogP contribution in [0.1, 0.15) is 21.8 Å². The van der Waals surface area contributed by atoms with Gasteiger partial charge in [-0.2, -0.15) is 4.98 Å². The van der Waals surface area contributed by atoms with Gasteiger partial charge in [0.25, 0.3) is 5.91 Å². The Balaban J connectivity index is 1.65. The van der Waals surface area contributed by atoms with Gasteiger partial charge in [-0.05, 0) is 59.8 Å². The summed E-state index contributed by atoms with van der Waals surface area (Å²) in [7, 11) is 0. The maximum Gasteiger partial charge on any atom is 0.251 e. The van der Waals surface area contributed by atoms with E-state index < -0.39 is 0 Å². The maximum atomic E-state index is 12.0. The molecule has 3 rings (SSSR count). The van der Waals surface area contributed by atoms with Gasteiger partial charge in [0, 0.05) is 14.7 Å². The van der Waals surface area contributed by atoms with Crippen molar-refractivity contribution in [2.45, 2.75) is 13.5 Å². The van der Waals surface area contributed by atoms with E-state index in [1.165, 1.54) is 0 Å². The summed E-state index contributed by atoms with van der Waals surface area (Å²) in [6, 6.07) is 15.2. The number of benzene rings is 2. The molecule has 0 aliphatic heterocycles. The molecule has 0 saturated carbocycles. The molecule has 1 aromatic heterocycles. The van der Waals surface area contributed by atoms with E-state index in [0.29, 0.717) is 17.3 Å². The summed E-state index contributed by atoms with van der Waals surface area (Å²) in [4.78, 5) is 16.4. The van der Waals surface area contributed by atoms with E-state index in [0.717, 1.165) is 14.7 Å². The van der Waals surface area contributed by atoms with E-state index in [1.54, 1.807) is 12.1 Å². The Hall–Kier alpha value is -2.22. The van der Waals surface area contributed by atoms with Gasteiger partial charge in [-0.25, -0.2) is 0 Å². The zero-order valence-corrected chi connectivity index (χ0v) is 14.6. The van der Waals surface area contributed by atoms with Gasteiger partial charge in [0.15, 0.2) is 0 Å². The van der Waals surface area contributed by atoms with E-state index in [9.17, 15) is 4.79 Å². The van der Waals surface area contributed by atoms with Crippen molar-refractivity contribution in [2.24, 2.45) is 0 Å². The molecule has 0 aliphatic rings. The first-order chi connectivity index (χ1) is 11.1. The van der Waals surface area contributed by atoms with Crippen LogP contribution >= 0.6 is 22.6 Å². The number of hydrogen-bond acceptors (Lipinski definition) is 4. The summed E-state index contributed by atoms with van der Waals surface area (Å²) in [6.07, 6.45) is 0. The van der Waals surface area contributed by atoms with Crippen molar-refractivity contribution in [1.82, 2.24) is 15.5 Å². The van der Waals surface area contributed by atoms with Crippen molar-refractivity contribution >= 4 is 28.5 Å². The van der Waals surface area contributed by atoms with E-state index in [2.05, 4.69) is 38.0 Å². The maximum absolute atomic E-state index is 12.0. The van der Waals surface area contributed by atoms with E-state index in [4.69, 9.17) is 4.52 Å². The van der Waals surface area contributed by atoms with Gasteiger partial charge in [0.1, 0.15) is 0 Å². The van der Waals surface area contributed by atoms with Crippen LogP contribution < -0.4 is 5.32 Å². The summed E-state index contributed by atoms with van der Waals surface area (Å²) in [6.45, 7) is 2.20. The van der Waals surface area contributed by atoms with Crippen molar-refractivity contribution in [3.63, 3.8) is 0 Å². The minimum absolute atomic E-state index is 0.170. The van der Waals surface area contributed by atoms with Gasteiger partial charge in [-0.3, -0.25) is 4.79 Å². The highest BCUT2D eigenvalue weighted by Gasteiger charge is 2.11. The summed E-state index contributed by atoms with van der Waals surface area (Å²) in [5.41, 5.74) is 2.62. The fourth-order valence-electron chi connectivity index (χ4n) is 2.09. The molecular formula is C17H14IN3O2. The Morgan fingerprint density at radius 2 is 2.00 bits per heavy atom. The third kappa shape index (κ3) is 3.95. The number of nitrogens with one attached hydrogen (secondary N) is 1. The number of hydrogen-bond donors (Lipinski definition) is 1. The molecule has 2 aromatic carbocycles. The topological polar surface area (TPSA) is 68.0 Å². The Bertz CT molecular complexity index is 828. The van der Waals surface area contributed by atoms with Gasteiger partial charge in [-0.1, -0.05) is 28.9 Å². The molecule has 0 radical (unpaired) electrons. The highest BCUT2D eigenvalue weighted by atomic mass is 127. The van der Waals surface area contributed by atoms with Gasteiger partial charge in [-0.15, -0.1) is 0 Å². The number of aryl methyl sites for hydroxylation is 1. The molecule has 23 heavy (non-hydrogen) atoms. The van der Waals surface area contributed by atoms with E-state index in [-0.39, 0.29) is 12.5 Å². The van der Waals surface area contributed by atoms with Gasteiger partial charge in [0.05, 0.1) is 6.54 Å². The third-order valence-corrected chi connectivity index (χ3v) is 3.97. The Morgan fingerprint density at radius 3 is 2.74 bits per heavy atom. The molecule has 0 fully saturated rings. The largest absolute Gasteiger partial charge is 0.343 e. The summed E-state index contributed by atoms with van der Waals surface area (Å²) < 4.78 is 6.27. The van der Waals surface area contributed by atoms with Crippen LogP contribution in [-0.2, 0) is 6.54 Å². The van der Waals surface area contributed by atoms with Crippen LogP contribution in [0.3, 0.4) is 0 Å². The SMILES string of the molecule is Cc1cccc(-c2noc(CNC(=O)c3ccc(I)cc3)n2)c1. The van der Waals surface area contributed by atoms with Crippen molar-refractivity contribution in [3.05, 3.63) is 69.1 Å². The first-order valence-electron chi connectivity index (χ1n) is 7.05. The lowest BCUT2D eigenvalue weighted by Gasteiger charge is -2.02. The monoisotopic (exact) mass is 419 g/mol. The van der Waals surface area contributed by atoms with Crippen LogP contribution in [0.2, 0.25) is 0 Å². The number of carbonyl (C=O) groups is 1. The van der Waals surface area contributed by atoms with Gasteiger partial charge in [0.2, 0.25) is 11.7 Å². The second-order valence-electron chi connectivity index (χ2n) is 5.07. The van der Waals surface area contributed by atoms with E-state index >= 15 is 0 Å². The summed E-state index contributed by atoms with van der Waals surface area (Å²) >= 11 is 2.20. The highest BCUT2D eigenvalue weighted by molar-refractivity contribution is 14.1. The number of aromatic nitrogens is 2. The molecule has 0 unspecified atom stereocenters. The number of amides is 1. The second-order valence-corrected chi connectivity index (χ2v) is 6.32. The smallest absolute Gasteiger partial charge is 0.251 e. The molecular weight excluding hydrogens is 405 g/mol. The lowest BCUT2D eigenvalue weighted by molar-refractivity contribution is 0.0946. The number of rotatable bonds is 4. The second kappa shape index (κ2) is 6.91. The first kappa shape index (κ1) is 15.7. The summed E-state index contributed by atoms with van der Waals surface area (Å²) in [5.74, 6) is 0.726. The molecule has 116 valence electrons. The van der Waals surface area contributed by atoms with Crippen LogP contribution in [0.4, 0.5) is 0 Å². The Kier molecular flexibility index (Phi) is 4.71. The fourth-order valence-corrected chi connectivity index (χ4v) is 2.45. The zero-order valence-electron chi connectivity index (χ0n) is 12.4.